The number of nitrogens with zero attached hydrogens (tertiary/aromatic N) is 1. The zero-order valence-electron chi connectivity index (χ0n) is 8.84. The lowest BCUT2D eigenvalue weighted by atomic mass is 9.89. The molecular weight excluding hydrogens is 146 g/mol. The Morgan fingerprint density at radius 2 is 1.67 bits per heavy atom. The number of likely N-dealkylation sites (tertiary alicyclic amines) is 1. The van der Waals surface area contributed by atoms with Gasteiger partial charge >= 0.3 is 0 Å². The fourth-order valence-corrected chi connectivity index (χ4v) is 2.61. The summed E-state index contributed by atoms with van der Waals surface area (Å²) in [5, 5.41) is 0. The average molecular weight is 169 g/mol. The zero-order chi connectivity index (χ0) is 8.97. The molecule has 2 aliphatic rings. The molecule has 1 nitrogen and oxygen atoms in total. The third-order valence-corrected chi connectivity index (χ3v) is 3.24. The van der Waals surface area contributed by atoms with Crippen LogP contribution in [-0.2, 0) is 0 Å². The summed E-state index contributed by atoms with van der Waals surface area (Å²) >= 11 is 0. The first-order valence-corrected chi connectivity index (χ1v) is 5.55. The summed E-state index contributed by atoms with van der Waals surface area (Å²) in [5.41, 5.74) is 0. The van der Waals surface area contributed by atoms with Crippen LogP contribution >= 0.6 is 0 Å². The Balaban J connectivity index is 0.000000336. The Morgan fingerprint density at radius 1 is 1.00 bits per heavy atom. The summed E-state index contributed by atoms with van der Waals surface area (Å²) in [4.78, 5) is 2.49. The molecule has 12 heavy (non-hydrogen) atoms. The van der Waals surface area contributed by atoms with Gasteiger partial charge in [-0.05, 0) is 38.3 Å². The van der Waals surface area contributed by atoms with E-state index in [9.17, 15) is 0 Å². The van der Waals surface area contributed by atoms with Gasteiger partial charge in [0.05, 0.1) is 0 Å². The Bertz CT molecular complexity index is 122. The van der Waals surface area contributed by atoms with Crippen LogP contribution in [0.5, 0.6) is 0 Å². The van der Waals surface area contributed by atoms with Crippen molar-refractivity contribution in [1.29, 1.82) is 0 Å². The molecule has 0 radical (unpaired) electrons. The van der Waals surface area contributed by atoms with Crippen molar-refractivity contribution in [3.63, 3.8) is 0 Å². The highest BCUT2D eigenvalue weighted by molar-refractivity contribution is 4.83. The molecular formula is C11H23N. The number of rotatable bonds is 0. The second-order valence-electron chi connectivity index (χ2n) is 4.00. The van der Waals surface area contributed by atoms with Gasteiger partial charge in [0.25, 0.3) is 0 Å². The minimum absolute atomic E-state index is 1.07. The topological polar surface area (TPSA) is 3.24 Å². The smallest absolute Gasteiger partial charge is 0.000926 e. The lowest BCUT2D eigenvalue weighted by molar-refractivity contribution is 0.166. The van der Waals surface area contributed by atoms with Crippen molar-refractivity contribution in [2.45, 2.75) is 39.5 Å². The fraction of sp³-hybridized carbons (Fsp3) is 1.00. The average Bonchev–Trinajstić information content (AvgIpc) is 2.54. The van der Waals surface area contributed by atoms with E-state index in [1.165, 1.54) is 38.8 Å². The van der Waals surface area contributed by atoms with E-state index in [4.69, 9.17) is 0 Å². The third kappa shape index (κ3) is 2.22. The third-order valence-electron chi connectivity index (χ3n) is 3.24. The Morgan fingerprint density at radius 3 is 2.42 bits per heavy atom. The van der Waals surface area contributed by atoms with Gasteiger partial charge in [-0.3, -0.25) is 0 Å². The molecule has 1 saturated carbocycles. The summed E-state index contributed by atoms with van der Waals surface area (Å²) in [6.07, 6.45) is 6.01. The molecule has 0 amide bonds. The van der Waals surface area contributed by atoms with Gasteiger partial charge in [0.15, 0.2) is 0 Å². The molecule has 0 aromatic carbocycles. The molecule has 2 unspecified atom stereocenters. The molecule has 1 saturated heterocycles. The normalized spacial score (nSPS) is 35.2. The van der Waals surface area contributed by atoms with Gasteiger partial charge in [0, 0.05) is 6.54 Å². The van der Waals surface area contributed by atoms with Crippen molar-refractivity contribution in [2.24, 2.45) is 11.8 Å². The second kappa shape index (κ2) is 4.86. The largest absolute Gasteiger partial charge is 0.306 e. The highest BCUT2D eigenvalue weighted by atomic mass is 15.1. The zero-order valence-corrected chi connectivity index (χ0v) is 8.84. The highest BCUT2D eigenvalue weighted by Crippen LogP contribution is 2.36. The minimum atomic E-state index is 1.07. The monoisotopic (exact) mass is 169 g/mol. The van der Waals surface area contributed by atoms with Gasteiger partial charge in [-0.1, -0.05) is 26.7 Å². The number of hydrogen-bond acceptors (Lipinski definition) is 1. The van der Waals surface area contributed by atoms with Crippen LogP contribution in [0.3, 0.4) is 0 Å². The van der Waals surface area contributed by atoms with E-state index in [0.29, 0.717) is 0 Å². The molecule has 2 fully saturated rings. The number of hydrogen-bond donors (Lipinski definition) is 0. The van der Waals surface area contributed by atoms with Crippen molar-refractivity contribution in [1.82, 2.24) is 4.90 Å². The van der Waals surface area contributed by atoms with Gasteiger partial charge < -0.3 is 4.90 Å². The lowest BCUT2D eigenvalue weighted by Crippen LogP contribution is -2.35. The molecule has 1 heterocycles. The minimum Gasteiger partial charge on any atom is -0.306 e. The van der Waals surface area contributed by atoms with Crippen LogP contribution in [0.1, 0.15) is 39.5 Å². The molecule has 0 N–H and O–H groups in total. The predicted molar refractivity (Wildman–Crippen MR) is 54.3 cm³/mol. The summed E-state index contributed by atoms with van der Waals surface area (Å²) in [7, 11) is 2.26. The van der Waals surface area contributed by atoms with Crippen molar-refractivity contribution < 1.29 is 0 Å². The Labute approximate surface area is 77.1 Å². The Kier molecular flexibility index (Phi) is 4.07. The summed E-state index contributed by atoms with van der Waals surface area (Å²) in [5.74, 6) is 2.18. The molecule has 0 spiro atoms. The molecule has 72 valence electrons. The maximum atomic E-state index is 2.49. The van der Waals surface area contributed by atoms with Crippen LogP contribution < -0.4 is 0 Å². The van der Waals surface area contributed by atoms with Crippen molar-refractivity contribution in [2.75, 3.05) is 20.1 Å². The van der Waals surface area contributed by atoms with Crippen molar-refractivity contribution in [3.8, 4) is 0 Å². The van der Waals surface area contributed by atoms with E-state index in [2.05, 4.69) is 11.9 Å². The number of piperidine rings is 1. The van der Waals surface area contributed by atoms with Crippen LogP contribution in [0.15, 0.2) is 0 Å². The van der Waals surface area contributed by atoms with E-state index in [-0.39, 0.29) is 0 Å². The van der Waals surface area contributed by atoms with Gasteiger partial charge in [0.1, 0.15) is 0 Å². The summed E-state index contributed by atoms with van der Waals surface area (Å²) < 4.78 is 0. The van der Waals surface area contributed by atoms with Gasteiger partial charge in [0.2, 0.25) is 0 Å². The van der Waals surface area contributed by atoms with Crippen LogP contribution in [-0.4, -0.2) is 25.0 Å². The van der Waals surface area contributed by atoms with Crippen LogP contribution in [0.2, 0.25) is 0 Å². The fourth-order valence-electron chi connectivity index (χ4n) is 2.61. The molecule has 0 aromatic rings. The van der Waals surface area contributed by atoms with Crippen molar-refractivity contribution >= 4 is 0 Å². The van der Waals surface area contributed by atoms with E-state index in [1.807, 2.05) is 13.8 Å². The maximum Gasteiger partial charge on any atom is 0.000926 e. The van der Waals surface area contributed by atoms with Gasteiger partial charge in [-0.25, -0.2) is 0 Å². The van der Waals surface area contributed by atoms with Crippen LogP contribution in [0, 0.1) is 11.8 Å². The maximum absolute atomic E-state index is 2.49. The lowest BCUT2D eigenvalue weighted by Gasteiger charge is -2.32. The van der Waals surface area contributed by atoms with Crippen LogP contribution in [0.25, 0.3) is 0 Å². The van der Waals surface area contributed by atoms with E-state index >= 15 is 0 Å². The van der Waals surface area contributed by atoms with E-state index in [0.717, 1.165) is 11.8 Å². The molecule has 0 aromatic heterocycles. The van der Waals surface area contributed by atoms with E-state index < -0.39 is 0 Å². The molecule has 1 aliphatic heterocycles. The molecule has 2 atom stereocenters. The Hall–Kier alpha value is -0.0400. The van der Waals surface area contributed by atoms with Gasteiger partial charge in [-0.15, -0.1) is 0 Å². The van der Waals surface area contributed by atoms with E-state index in [1.54, 1.807) is 0 Å². The molecule has 1 aliphatic carbocycles. The second-order valence-corrected chi connectivity index (χ2v) is 4.00. The highest BCUT2D eigenvalue weighted by Gasteiger charge is 2.31. The molecule has 1 heteroatoms. The molecule has 2 rings (SSSR count). The first kappa shape index (κ1) is 10.0. The summed E-state index contributed by atoms with van der Waals surface area (Å²) in [6.45, 7) is 6.73. The first-order chi connectivity index (χ1) is 5.86. The first-order valence-electron chi connectivity index (χ1n) is 5.55. The summed E-state index contributed by atoms with van der Waals surface area (Å²) in [6, 6.07) is 0. The standard InChI is InChI=1S/C9H17N.C2H6/c1-10-6-5-8-3-2-4-9(8)7-10;1-2/h8-9H,2-7H2,1H3;1-2H3. The SMILES string of the molecule is CC.CN1CCC2CCCC2C1. The number of fused-ring (bicyclic) bond motifs is 1. The van der Waals surface area contributed by atoms with Crippen LogP contribution in [0.4, 0.5) is 0 Å². The quantitative estimate of drug-likeness (QED) is 0.539. The van der Waals surface area contributed by atoms with Gasteiger partial charge in [-0.2, -0.15) is 0 Å². The van der Waals surface area contributed by atoms with Crippen molar-refractivity contribution in [3.05, 3.63) is 0 Å². The predicted octanol–water partition coefficient (Wildman–Crippen LogP) is 2.76. The molecule has 0 bridgehead atoms.